The van der Waals surface area contributed by atoms with Gasteiger partial charge in [-0.15, -0.1) is 5.10 Å². The summed E-state index contributed by atoms with van der Waals surface area (Å²) in [5.41, 5.74) is 2.09. The predicted octanol–water partition coefficient (Wildman–Crippen LogP) is 2.84. The van der Waals surface area contributed by atoms with E-state index in [4.69, 9.17) is 5.11 Å². The third-order valence-electron chi connectivity index (χ3n) is 5.59. The van der Waals surface area contributed by atoms with Crippen molar-refractivity contribution < 1.29 is 20.1 Å². The second-order valence-corrected chi connectivity index (χ2v) is 9.47. The molecule has 1 aliphatic rings. The Morgan fingerprint density at radius 2 is 2.06 bits per heavy atom. The zero-order valence-corrected chi connectivity index (χ0v) is 21.4. The van der Waals surface area contributed by atoms with Crippen LogP contribution in [0.4, 0.5) is 10.6 Å². The maximum absolute atomic E-state index is 10.2. The fourth-order valence-corrected chi connectivity index (χ4v) is 4.38. The van der Waals surface area contributed by atoms with Gasteiger partial charge >= 0.3 is 6.09 Å². The van der Waals surface area contributed by atoms with E-state index in [1.807, 2.05) is 6.07 Å². The van der Waals surface area contributed by atoms with E-state index in [1.165, 1.54) is 0 Å². The quantitative estimate of drug-likeness (QED) is 0.152. The highest BCUT2D eigenvalue weighted by atomic mass is 32.2. The Labute approximate surface area is 214 Å². The average molecular weight is 519 g/mol. The Kier molecular flexibility index (Phi) is 10.6. The normalized spacial score (nSPS) is 19.1. The summed E-state index contributed by atoms with van der Waals surface area (Å²) in [6, 6.07) is 3.27. The molecule has 0 aromatic carbocycles. The molecule has 0 spiro atoms. The van der Waals surface area contributed by atoms with Gasteiger partial charge in [-0.1, -0.05) is 43.3 Å². The number of anilines is 1. The van der Waals surface area contributed by atoms with E-state index in [1.54, 1.807) is 34.9 Å². The lowest BCUT2D eigenvalue weighted by Crippen LogP contribution is -2.28. The van der Waals surface area contributed by atoms with Gasteiger partial charge in [0.1, 0.15) is 6.10 Å². The number of hydrogen-bond donors (Lipinski definition) is 5. The molecule has 5 N–H and O–H groups in total. The Hall–Kier alpha value is -3.03. The number of carbonyl (C=O) groups is 1. The van der Waals surface area contributed by atoms with E-state index < -0.39 is 18.3 Å². The first kappa shape index (κ1) is 27.6. The maximum Gasteiger partial charge on any atom is 0.404 e. The van der Waals surface area contributed by atoms with Crippen LogP contribution in [0.2, 0.25) is 0 Å². The Balaban J connectivity index is 0.000000275. The highest BCUT2D eigenvalue weighted by Gasteiger charge is 2.37. The largest absolute Gasteiger partial charge is 0.465 e. The first-order valence-electron chi connectivity index (χ1n) is 12.2. The SMILES string of the molecule is CCCCNc1nc(SCCC)nc2c1nnn2[C@@H]1CC[C@@H](O)[C@H]1O.O=C(O)NCc1cccnc1. The lowest BCUT2D eigenvalue weighted by Gasteiger charge is -2.16. The molecule has 0 bridgehead atoms. The van der Waals surface area contributed by atoms with Crippen LogP contribution in [0.1, 0.15) is 57.6 Å². The molecule has 3 heterocycles. The summed E-state index contributed by atoms with van der Waals surface area (Å²) in [4.78, 5) is 23.1. The molecule has 1 aliphatic carbocycles. The van der Waals surface area contributed by atoms with Crippen LogP contribution in [0.5, 0.6) is 0 Å². The highest BCUT2D eigenvalue weighted by Crippen LogP contribution is 2.33. The summed E-state index contributed by atoms with van der Waals surface area (Å²) in [6.07, 6.45) is 5.06. The van der Waals surface area contributed by atoms with E-state index in [-0.39, 0.29) is 6.04 Å². The monoisotopic (exact) mass is 518 g/mol. The highest BCUT2D eigenvalue weighted by molar-refractivity contribution is 7.99. The number of pyridine rings is 1. The predicted molar refractivity (Wildman–Crippen MR) is 137 cm³/mol. The maximum atomic E-state index is 10.2. The van der Waals surface area contributed by atoms with Crippen molar-refractivity contribution >= 4 is 34.8 Å². The number of aliphatic hydroxyl groups is 2. The Bertz CT molecular complexity index is 1100. The number of aliphatic hydroxyl groups excluding tert-OH is 2. The van der Waals surface area contributed by atoms with Crippen molar-refractivity contribution in [2.45, 2.75) is 75.9 Å². The van der Waals surface area contributed by atoms with Gasteiger partial charge in [0.05, 0.1) is 12.1 Å². The minimum atomic E-state index is -1.02. The molecule has 13 heteroatoms. The van der Waals surface area contributed by atoms with E-state index in [0.29, 0.717) is 41.5 Å². The number of unbranched alkanes of at least 4 members (excludes halogenated alkanes) is 1. The van der Waals surface area contributed by atoms with Gasteiger partial charge in [-0.25, -0.2) is 19.4 Å². The Morgan fingerprint density at radius 1 is 1.22 bits per heavy atom. The number of amides is 1. The zero-order valence-electron chi connectivity index (χ0n) is 20.5. The van der Waals surface area contributed by atoms with Crippen LogP contribution in [0.3, 0.4) is 0 Å². The molecule has 3 atom stereocenters. The van der Waals surface area contributed by atoms with E-state index >= 15 is 0 Å². The minimum Gasteiger partial charge on any atom is -0.465 e. The van der Waals surface area contributed by atoms with E-state index in [2.05, 4.69) is 49.7 Å². The van der Waals surface area contributed by atoms with Gasteiger partial charge in [0.25, 0.3) is 0 Å². The molecule has 0 saturated heterocycles. The van der Waals surface area contributed by atoms with Crippen LogP contribution >= 0.6 is 11.8 Å². The molecule has 3 aromatic heterocycles. The van der Waals surface area contributed by atoms with Crippen LogP contribution in [0.25, 0.3) is 11.2 Å². The molecule has 36 heavy (non-hydrogen) atoms. The Morgan fingerprint density at radius 3 is 2.69 bits per heavy atom. The first-order chi connectivity index (χ1) is 17.4. The number of rotatable bonds is 10. The summed E-state index contributed by atoms with van der Waals surface area (Å²) in [6.45, 7) is 5.39. The van der Waals surface area contributed by atoms with Crippen molar-refractivity contribution in [3.63, 3.8) is 0 Å². The van der Waals surface area contributed by atoms with Gasteiger partial charge in [-0.05, 0) is 37.3 Å². The number of fused-ring (bicyclic) bond motifs is 1. The van der Waals surface area contributed by atoms with Crippen molar-refractivity contribution in [3.05, 3.63) is 30.1 Å². The summed E-state index contributed by atoms with van der Waals surface area (Å²) in [7, 11) is 0. The molecule has 0 radical (unpaired) electrons. The van der Waals surface area contributed by atoms with Crippen LogP contribution in [-0.2, 0) is 6.54 Å². The van der Waals surface area contributed by atoms with E-state index in [0.717, 1.165) is 37.1 Å². The third-order valence-corrected chi connectivity index (χ3v) is 6.64. The van der Waals surface area contributed by atoms with Crippen LogP contribution in [0.15, 0.2) is 29.7 Å². The molecule has 1 fully saturated rings. The summed E-state index contributed by atoms with van der Waals surface area (Å²) >= 11 is 1.60. The summed E-state index contributed by atoms with van der Waals surface area (Å²) in [5, 5.41) is 43.1. The van der Waals surface area contributed by atoms with Gasteiger partial charge < -0.3 is 26.0 Å². The number of aromatic nitrogens is 6. The number of carboxylic acid groups (broad SMARTS) is 1. The van der Waals surface area contributed by atoms with Gasteiger partial charge in [0.2, 0.25) is 0 Å². The van der Waals surface area contributed by atoms with Crippen LogP contribution in [0, 0.1) is 0 Å². The van der Waals surface area contributed by atoms with Crippen molar-refractivity contribution in [2.24, 2.45) is 0 Å². The fourth-order valence-electron chi connectivity index (χ4n) is 3.69. The molecule has 0 unspecified atom stereocenters. The topological polar surface area (TPSA) is 171 Å². The van der Waals surface area contributed by atoms with Crippen LogP contribution < -0.4 is 10.6 Å². The van der Waals surface area contributed by atoms with Gasteiger partial charge in [-0.2, -0.15) is 0 Å². The smallest absolute Gasteiger partial charge is 0.404 e. The van der Waals surface area contributed by atoms with Gasteiger partial charge in [-0.3, -0.25) is 4.98 Å². The van der Waals surface area contributed by atoms with Crippen molar-refractivity contribution in [1.29, 1.82) is 0 Å². The van der Waals surface area contributed by atoms with E-state index in [9.17, 15) is 15.0 Å². The van der Waals surface area contributed by atoms with Gasteiger partial charge in [0, 0.05) is 31.2 Å². The molecule has 1 saturated carbocycles. The molecule has 0 aliphatic heterocycles. The van der Waals surface area contributed by atoms with Crippen molar-refractivity contribution in [3.8, 4) is 0 Å². The lowest BCUT2D eigenvalue weighted by molar-refractivity contribution is 0.0215. The number of thioether (sulfide) groups is 1. The average Bonchev–Trinajstić information content (AvgIpc) is 3.45. The second-order valence-electron chi connectivity index (χ2n) is 8.41. The number of hydrogen-bond acceptors (Lipinski definition) is 10. The lowest BCUT2D eigenvalue weighted by atomic mass is 10.2. The second kappa shape index (κ2) is 13.9. The third kappa shape index (κ3) is 7.48. The molecule has 196 valence electrons. The van der Waals surface area contributed by atoms with Crippen molar-refractivity contribution in [2.75, 3.05) is 17.6 Å². The summed E-state index contributed by atoms with van der Waals surface area (Å²) < 4.78 is 1.65. The minimum absolute atomic E-state index is 0.303. The zero-order chi connectivity index (χ0) is 25.9. The molecule has 3 aromatic rings. The molecular formula is C23H34N8O4S. The molecule has 12 nitrogen and oxygen atoms in total. The molecule has 1 amide bonds. The fraction of sp³-hybridized carbons (Fsp3) is 0.565. The van der Waals surface area contributed by atoms with Crippen LogP contribution in [-0.4, -0.2) is 75.9 Å². The standard InChI is InChI=1S/C16H26N6O2S.C7H8N2O2/c1-3-5-8-17-14-12-15(19-16(18-14)25-9-4-2)22(21-20-12)10-6-7-11(23)13(10)24;10-7(11)9-5-6-2-1-3-8-4-6/h10-11,13,23-24H,3-9H2,1-2H3,(H,17,18,19);1-4,9H,5H2,(H,10,11)/t10-,11-,13+;/m1./s1. The number of nitrogens with zero attached hydrogens (tertiary/aromatic N) is 6. The summed E-state index contributed by atoms with van der Waals surface area (Å²) in [5.74, 6) is 1.63. The van der Waals surface area contributed by atoms with Gasteiger partial charge in [0.15, 0.2) is 22.1 Å². The molecular weight excluding hydrogens is 484 g/mol. The van der Waals surface area contributed by atoms with Crippen molar-refractivity contribution in [1.82, 2.24) is 35.3 Å². The number of nitrogens with one attached hydrogen (secondary N) is 2. The molecule has 4 rings (SSSR count). The first-order valence-corrected chi connectivity index (χ1v) is 13.1.